The van der Waals surface area contributed by atoms with Gasteiger partial charge in [0.1, 0.15) is 10.4 Å². The first-order valence-corrected chi connectivity index (χ1v) is 4.02. The van der Waals surface area contributed by atoms with Crippen LogP contribution in [0.5, 0.6) is 0 Å². The van der Waals surface area contributed by atoms with Crippen LogP contribution < -0.4 is 0 Å². The van der Waals surface area contributed by atoms with Gasteiger partial charge < -0.3 is 0 Å². The average molecular weight is 173 g/mol. The lowest BCUT2D eigenvalue weighted by Crippen LogP contribution is -1.77. The van der Waals surface area contributed by atoms with Crippen LogP contribution in [0.15, 0.2) is 0 Å². The van der Waals surface area contributed by atoms with Gasteiger partial charge in [-0.3, -0.25) is 0 Å². The highest BCUT2D eigenvalue weighted by atomic mass is 35.5. The Labute approximate surface area is 68.1 Å². The van der Waals surface area contributed by atoms with Crippen molar-refractivity contribution >= 4 is 22.9 Å². The minimum atomic E-state index is 0.350. The number of hydrogen-bond acceptors (Lipinski definition) is 3. The summed E-state index contributed by atoms with van der Waals surface area (Å²) in [5, 5.41) is 9.36. The summed E-state index contributed by atoms with van der Waals surface area (Å²) in [6, 6.07) is 1.92. The van der Waals surface area contributed by atoms with Gasteiger partial charge in [0, 0.05) is 0 Å². The topological polar surface area (TPSA) is 36.7 Å². The van der Waals surface area contributed by atoms with Crippen molar-refractivity contribution in [2.24, 2.45) is 0 Å². The van der Waals surface area contributed by atoms with E-state index in [4.69, 9.17) is 16.9 Å². The van der Waals surface area contributed by atoms with E-state index >= 15 is 0 Å². The maximum atomic E-state index is 8.44. The molecule has 0 aliphatic rings. The number of nitrogens with zero attached hydrogens (tertiary/aromatic N) is 2. The standard InChI is InChI=1S/C6H5ClN2S/c1-2-5-9-4(3-8)6(7)10-5/h2H2,1H3. The molecule has 0 aromatic carbocycles. The summed E-state index contributed by atoms with van der Waals surface area (Å²) in [7, 11) is 0. The van der Waals surface area contributed by atoms with Crippen molar-refractivity contribution in [2.75, 3.05) is 0 Å². The zero-order valence-electron chi connectivity index (χ0n) is 5.39. The average Bonchev–Trinajstić information content (AvgIpc) is 2.30. The number of nitriles is 1. The molecule has 2 nitrogen and oxygen atoms in total. The molecule has 0 unspecified atom stereocenters. The van der Waals surface area contributed by atoms with Crippen molar-refractivity contribution in [3.63, 3.8) is 0 Å². The van der Waals surface area contributed by atoms with Crippen LogP contribution in [0.25, 0.3) is 0 Å². The van der Waals surface area contributed by atoms with E-state index in [0.29, 0.717) is 10.0 Å². The first-order valence-electron chi connectivity index (χ1n) is 2.83. The molecule has 0 amide bonds. The lowest BCUT2D eigenvalue weighted by Gasteiger charge is -1.78. The Balaban J connectivity index is 3.07. The molecule has 10 heavy (non-hydrogen) atoms. The van der Waals surface area contributed by atoms with Gasteiger partial charge in [0.2, 0.25) is 0 Å². The van der Waals surface area contributed by atoms with Gasteiger partial charge in [-0.1, -0.05) is 18.5 Å². The number of halogens is 1. The Kier molecular flexibility index (Phi) is 2.25. The highest BCUT2D eigenvalue weighted by Gasteiger charge is 2.05. The van der Waals surface area contributed by atoms with Gasteiger partial charge in [-0.2, -0.15) is 5.26 Å². The van der Waals surface area contributed by atoms with E-state index < -0.39 is 0 Å². The van der Waals surface area contributed by atoms with Gasteiger partial charge in [0.15, 0.2) is 5.69 Å². The van der Waals surface area contributed by atoms with Crippen LogP contribution in [-0.2, 0) is 6.42 Å². The molecule has 52 valence electrons. The summed E-state index contributed by atoms with van der Waals surface area (Å²) in [5.41, 5.74) is 0.350. The number of aromatic nitrogens is 1. The van der Waals surface area contributed by atoms with E-state index in [-0.39, 0.29) is 0 Å². The van der Waals surface area contributed by atoms with Gasteiger partial charge in [0.05, 0.1) is 5.01 Å². The van der Waals surface area contributed by atoms with Gasteiger partial charge in [0.25, 0.3) is 0 Å². The van der Waals surface area contributed by atoms with Crippen molar-refractivity contribution < 1.29 is 0 Å². The third kappa shape index (κ3) is 1.28. The van der Waals surface area contributed by atoms with E-state index in [0.717, 1.165) is 11.4 Å². The molecular formula is C6H5ClN2S. The summed E-state index contributed by atoms with van der Waals surface area (Å²) in [4.78, 5) is 3.97. The second-order valence-corrected chi connectivity index (χ2v) is 3.38. The fourth-order valence-electron chi connectivity index (χ4n) is 0.563. The Bertz CT molecular complexity index is 274. The SMILES string of the molecule is CCc1nc(C#N)c(Cl)s1. The molecule has 0 saturated heterocycles. The van der Waals surface area contributed by atoms with Crippen LogP contribution in [-0.4, -0.2) is 4.98 Å². The molecule has 0 atom stereocenters. The van der Waals surface area contributed by atoms with Crippen molar-refractivity contribution in [3.05, 3.63) is 15.0 Å². The Morgan fingerprint density at radius 1 is 1.80 bits per heavy atom. The molecule has 0 fully saturated rings. The Morgan fingerprint density at radius 3 is 2.80 bits per heavy atom. The molecule has 0 saturated carbocycles. The molecule has 1 aromatic rings. The van der Waals surface area contributed by atoms with E-state index in [9.17, 15) is 0 Å². The van der Waals surface area contributed by atoms with E-state index in [1.165, 1.54) is 11.3 Å². The predicted octanol–water partition coefficient (Wildman–Crippen LogP) is 2.23. The molecule has 0 aliphatic carbocycles. The van der Waals surface area contributed by atoms with Crippen molar-refractivity contribution in [3.8, 4) is 6.07 Å². The van der Waals surface area contributed by atoms with Gasteiger partial charge in [-0.25, -0.2) is 4.98 Å². The molecule has 0 spiro atoms. The predicted molar refractivity (Wildman–Crippen MR) is 41.2 cm³/mol. The summed E-state index contributed by atoms with van der Waals surface area (Å²) in [5.74, 6) is 0. The van der Waals surface area contributed by atoms with Crippen LogP contribution in [0.1, 0.15) is 17.6 Å². The minimum absolute atomic E-state index is 0.350. The largest absolute Gasteiger partial charge is 0.229 e. The minimum Gasteiger partial charge on any atom is -0.229 e. The zero-order chi connectivity index (χ0) is 7.56. The lowest BCUT2D eigenvalue weighted by molar-refractivity contribution is 1.08. The third-order valence-corrected chi connectivity index (χ3v) is 2.44. The number of thiazole rings is 1. The maximum Gasteiger partial charge on any atom is 0.170 e. The van der Waals surface area contributed by atoms with Crippen molar-refractivity contribution in [1.82, 2.24) is 4.98 Å². The molecule has 0 bridgehead atoms. The smallest absolute Gasteiger partial charge is 0.170 e. The summed E-state index contributed by atoms with van der Waals surface area (Å²) in [6.45, 7) is 1.98. The molecule has 1 heterocycles. The first-order chi connectivity index (χ1) is 4.77. The second-order valence-electron chi connectivity index (χ2n) is 1.70. The fraction of sp³-hybridized carbons (Fsp3) is 0.333. The zero-order valence-corrected chi connectivity index (χ0v) is 6.96. The highest BCUT2D eigenvalue weighted by Crippen LogP contribution is 2.23. The Hall–Kier alpha value is -0.590. The first kappa shape index (κ1) is 7.52. The van der Waals surface area contributed by atoms with E-state index in [1.54, 1.807) is 0 Å². The van der Waals surface area contributed by atoms with Crippen LogP contribution in [0.2, 0.25) is 4.34 Å². The number of hydrogen-bond donors (Lipinski definition) is 0. The molecule has 1 rings (SSSR count). The van der Waals surface area contributed by atoms with Crippen LogP contribution in [0.4, 0.5) is 0 Å². The quantitative estimate of drug-likeness (QED) is 0.652. The molecule has 0 radical (unpaired) electrons. The fourth-order valence-corrected chi connectivity index (χ4v) is 1.59. The summed E-state index contributed by atoms with van der Waals surface area (Å²) in [6.07, 6.45) is 0.839. The maximum absolute atomic E-state index is 8.44. The van der Waals surface area contributed by atoms with Crippen molar-refractivity contribution in [1.29, 1.82) is 5.26 Å². The number of aryl methyl sites for hydroxylation is 1. The molecule has 1 aromatic heterocycles. The lowest BCUT2D eigenvalue weighted by atomic mass is 10.5. The Morgan fingerprint density at radius 2 is 2.50 bits per heavy atom. The van der Waals surface area contributed by atoms with Crippen molar-refractivity contribution in [2.45, 2.75) is 13.3 Å². The normalized spacial score (nSPS) is 9.30. The molecular weight excluding hydrogens is 168 g/mol. The van der Waals surface area contributed by atoms with E-state index in [2.05, 4.69) is 4.98 Å². The second kappa shape index (κ2) is 3.00. The highest BCUT2D eigenvalue weighted by molar-refractivity contribution is 7.16. The van der Waals surface area contributed by atoms with Crippen LogP contribution >= 0.6 is 22.9 Å². The summed E-state index contributed by atoms with van der Waals surface area (Å²) >= 11 is 7.03. The molecule has 4 heteroatoms. The van der Waals surface area contributed by atoms with Crippen LogP contribution in [0, 0.1) is 11.3 Å². The van der Waals surface area contributed by atoms with E-state index in [1.807, 2.05) is 13.0 Å². The van der Waals surface area contributed by atoms with Gasteiger partial charge >= 0.3 is 0 Å². The third-order valence-electron chi connectivity index (χ3n) is 1.04. The van der Waals surface area contributed by atoms with Gasteiger partial charge in [-0.05, 0) is 6.42 Å². The van der Waals surface area contributed by atoms with Crippen LogP contribution in [0.3, 0.4) is 0 Å². The summed E-state index contributed by atoms with van der Waals surface area (Å²) < 4.78 is 0.499. The van der Waals surface area contributed by atoms with Gasteiger partial charge in [-0.15, -0.1) is 11.3 Å². The monoisotopic (exact) mass is 172 g/mol. The molecule has 0 N–H and O–H groups in total. The molecule has 0 aliphatic heterocycles. The number of rotatable bonds is 1.